The van der Waals surface area contributed by atoms with Crippen molar-refractivity contribution >= 4 is 5.95 Å². The number of nitrogens with zero attached hydrogens (tertiary/aromatic N) is 6. The lowest BCUT2D eigenvalue weighted by atomic mass is 10.6. The van der Waals surface area contributed by atoms with Crippen molar-refractivity contribution in [2.45, 2.75) is 6.92 Å². The smallest absolute Gasteiger partial charge is 0.239 e. The lowest BCUT2D eigenvalue weighted by Gasteiger charge is -2.11. The van der Waals surface area contributed by atoms with Crippen LogP contribution in [0.15, 0.2) is 18.7 Å². The predicted octanol–water partition coefficient (Wildman–Crippen LogP) is 0.432. The fourth-order valence-corrected chi connectivity index (χ4v) is 1.15. The summed E-state index contributed by atoms with van der Waals surface area (Å²) in [6.45, 7) is 1.84. The average Bonchev–Trinajstić information content (AvgIpc) is 2.69. The van der Waals surface area contributed by atoms with Crippen LogP contribution in [0.5, 0.6) is 0 Å². The van der Waals surface area contributed by atoms with E-state index in [-0.39, 0.29) is 0 Å². The van der Waals surface area contributed by atoms with E-state index in [0.29, 0.717) is 17.7 Å². The van der Waals surface area contributed by atoms with Gasteiger partial charge in [0.1, 0.15) is 12.2 Å². The molecule has 78 valence electrons. The summed E-state index contributed by atoms with van der Waals surface area (Å²) in [6, 6.07) is 0. The van der Waals surface area contributed by atoms with Gasteiger partial charge in [0, 0.05) is 26.5 Å². The normalized spacial score (nSPS) is 10.3. The molecule has 0 aliphatic heterocycles. The molecule has 6 heteroatoms. The standard InChI is InChI=1S/C9H12N6/c1-7-11-8(14(2)3)13-9(12-7)15-5-4-10-6-15/h4-6H,1-3H3. The first kappa shape index (κ1) is 9.57. The lowest BCUT2D eigenvalue weighted by molar-refractivity contribution is 0.844. The first-order valence-electron chi connectivity index (χ1n) is 4.55. The van der Waals surface area contributed by atoms with Gasteiger partial charge in [-0.25, -0.2) is 4.98 Å². The molecule has 0 aliphatic carbocycles. The molecule has 0 fully saturated rings. The van der Waals surface area contributed by atoms with Crippen molar-refractivity contribution in [2.24, 2.45) is 0 Å². The Morgan fingerprint density at radius 3 is 2.60 bits per heavy atom. The molecule has 2 heterocycles. The molecule has 0 bridgehead atoms. The molecule has 6 nitrogen and oxygen atoms in total. The first-order valence-corrected chi connectivity index (χ1v) is 4.55. The second kappa shape index (κ2) is 3.64. The summed E-state index contributed by atoms with van der Waals surface area (Å²) in [5.41, 5.74) is 0. The molecule has 0 atom stereocenters. The zero-order valence-electron chi connectivity index (χ0n) is 8.92. The topological polar surface area (TPSA) is 59.7 Å². The molecule has 2 rings (SSSR count). The van der Waals surface area contributed by atoms with Crippen molar-refractivity contribution in [1.82, 2.24) is 24.5 Å². The van der Waals surface area contributed by atoms with Gasteiger partial charge in [-0.05, 0) is 6.92 Å². The second-order valence-corrected chi connectivity index (χ2v) is 3.35. The minimum absolute atomic E-state index is 0.587. The van der Waals surface area contributed by atoms with Crippen LogP contribution in [-0.4, -0.2) is 38.6 Å². The molecule has 2 aromatic heterocycles. The maximum atomic E-state index is 4.30. The molecule has 2 aromatic rings. The van der Waals surface area contributed by atoms with Crippen LogP contribution in [0.25, 0.3) is 5.95 Å². The summed E-state index contributed by atoms with van der Waals surface area (Å²) in [5, 5.41) is 0. The molecule has 0 aromatic carbocycles. The average molecular weight is 204 g/mol. The highest BCUT2D eigenvalue weighted by Gasteiger charge is 2.06. The SMILES string of the molecule is Cc1nc(N(C)C)nc(-n2ccnc2)n1. The van der Waals surface area contributed by atoms with Crippen molar-refractivity contribution in [2.75, 3.05) is 19.0 Å². The van der Waals surface area contributed by atoms with E-state index in [0.717, 1.165) is 0 Å². The van der Waals surface area contributed by atoms with Gasteiger partial charge < -0.3 is 4.90 Å². The van der Waals surface area contributed by atoms with E-state index in [9.17, 15) is 0 Å². The molecule has 0 saturated heterocycles. The van der Waals surface area contributed by atoms with Gasteiger partial charge in [-0.15, -0.1) is 0 Å². The van der Waals surface area contributed by atoms with Gasteiger partial charge in [0.15, 0.2) is 0 Å². The van der Waals surface area contributed by atoms with Crippen molar-refractivity contribution in [1.29, 1.82) is 0 Å². The van der Waals surface area contributed by atoms with Crippen LogP contribution in [0.2, 0.25) is 0 Å². The van der Waals surface area contributed by atoms with Gasteiger partial charge in [0.25, 0.3) is 0 Å². The predicted molar refractivity (Wildman–Crippen MR) is 56.0 cm³/mol. The third kappa shape index (κ3) is 1.93. The van der Waals surface area contributed by atoms with E-state index in [1.165, 1.54) is 0 Å². The van der Waals surface area contributed by atoms with Crippen molar-refractivity contribution in [3.8, 4) is 5.95 Å². The summed E-state index contributed by atoms with van der Waals surface area (Å²) < 4.78 is 1.75. The Morgan fingerprint density at radius 1 is 1.20 bits per heavy atom. The van der Waals surface area contributed by atoms with Crippen molar-refractivity contribution in [3.05, 3.63) is 24.5 Å². The molecule has 15 heavy (non-hydrogen) atoms. The minimum Gasteiger partial charge on any atom is -0.347 e. The van der Waals surface area contributed by atoms with E-state index >= 15 is 0 Å². The number of rotatable bonds is 2. The number of imidazole rings is 1. The van der Waals surface area contributed by atoms with Crippen LogP contribution in [0, 0.1) is 6.92 Å². The number of hydrogen-bond donors (Lipinski definition) is 0. The van der Waals surface area contributed by atoms with Gasteiger partial charge in [0.2, 0.25) is 11.9 Å². The molecule has 0 amide bonds. The Labute approximate surface area is 87.6 Å². The van der Waals surface area contributed by atoms with Gasteiger partial charge in [-0.1, -0.05) is 0 Å². The number of aryl methyl sites for hydroxylation is 1. The molecule has 0 aliphatic rings. The molecular weight excluding hydrogens is 192 g/mol. The number of aromatic nitrogens is 5. The molecule has 0 unspecified atom stereocenters. The third-order valence-electron chi connectivity index (χ3n) is 1.86. The summed E-state index contributed by atoms with van der Waals surface area (Å²) in [4.78, 5) is 18.5. The highest BCUT2D eigenvalue weighted by Crippen LogP contribution is 2.07. The fourth-order valence-electron chi connectivity index (χ4n) is 1.15. The van der Waals surface area contributed by atoms with Crippen LogP contribution in [0.3, 0.4) is 0 Å². The molecule has 0 spiro atoms. The monoisotopic (exact) mass is 204 g/mol. The van der Waals surface area contributed by atoms with Crippen LogP contribution in [0.1, 0.15) is 5.82 Å². The number of hydrogen-bond acceptors (Lipinski definition) is 5. The largest absolute Gasteiger partial charge is 0.347 e. The quantitative estimate of drug-likeness (QED) is 0.710. The zero-order valence-corrected chi connectivity index (χ0v) is 8.92. The van der Waals surface area contributed by atoms with Crippen LogP contribution >= 0.6 is 0 Å². The Hall–Kier alpha value is -1.98. The zero-order chi connectivity index (χ0) is 10.8. The van der Waals surface area contributed by atoms with Gasteiger partial charge in [-0.2, -0.15) is 15.0 Å². The minimum atomic E-state index is 0.587. The van der Waals surface area contributed by atoms with Crippen LogP contribution in [0.4, 0.5) is 5.95 Å². The second-order valence-electron chi connectivity index (χ2n) is 3.35. The third-order valence-corrected chi connectivity index (χ3v) is 1.86. The summed E-state index contributed by atoms with van der Waals surface area (Å²) in [6.07, 6.45) is 5.15. The fraction of sp³-hybridized carbons (Fsp3) is 0.333. The van der Waals surface area contributed by atoms with E-state index in [2.05, 4.69) is 19.9 Å². The van der Waals surface area contributed by atoms with Gasteiger partial charge in [0.05, 0.1) is 0 Å². The lowest BCUT2D eigenvalue weighted by Crippen LogP contribution is -2.15. The Morgan fingerprint density at radius 2 is 2.00 bits per heavy atom. The van der Waals surface area contributed by atoms with Crippen LogP contribution < -0.4 is 4.90 Å². The highest BCUT2D eigenvalue weighted by molar-refractivity contribution is 5.30. The summed E-state index contributed by atoms with van der Waals surface area (Å²) in [5.74, 6) is 1.92. The maximum Gasteiger partial charge on any atom is 0.239 e. The summed E-state index contributed by atoms with van der Waals surface area (Å²) >= 11 is 0. The number of anilines is 1. The molecule has 0 N–H and O–H groups in total. The molecular formula is C9H12N6. The first-order chi connectivity index (χ1) is 7.16. The molecule has 0 radical (unpaired) electrons. The Balaban J connectivity index is 2.49. The Bertz CT molecular complexity index is 448. The van der Waals surface area contributed by atoms with Crippen molar-refractivity contribution in [3.63, 3.8) is 0 Å². The van der Waals surface area contributed by atoms with E-state index in [4.69, 9.17) is 0 Å². The molecule has 0 saturated carbocycles. The van der Waals surface area contributed by atoms with E-state index in [1.54, 1.807) is 23.3 Å². The van der Waals surface area contributed by atoms with Crippen LogP contribution in [-0.2, 0) is 0 Å². The van der Waals surface area contributed by atoms with Gasteiger partial charge >= 0.3 is 0 Å². The van der Waals surface area contributed by atoms with Gasteiger partial charge in [-0.3, -0.25) is 4.57 Å². The Kier molecular flexibility index (Phi) is 2.32. The van der Waals surface area contributed by atoms with E-state index < -0.39 is 0 Å². The van der Waals surface area contributed by atoms with E-state index in [1.807, 2.05) is 25.9 Å². The highest BCUT2D eigenvalue weighted by atomic mass is 15.3. The van der Waals surface area contributed by atoms with Crippen molar-refractivity contribution < 1.29 is 0 Å². The maximum absolute atomic E-state index is 4.30. The summed E-state index contributed by atoms with van der Waals surface area (Å²) in [7, 11) is 3.79.